The van der Waals surface area contributed by atoms with Gasteiger partial charge in [-0.15, -0.1) is 0 Å². The van der Waals surface area contributed by atoms with Crippen LogP contribution in [0.4, 0.5) is 28.0 Å². The molecule has 1 heterocycles. The molecule has 0 bridgehead atoms. The highest BCUT2D eigenvalue weighted by atomic mass is 19.2. The fourth-order valence-electron chi connectivity index (χ4n) is 2.96. The molecule has 30 heavy (non-hydrogen) atoms. The van der Waals surface area contributed by atoms with Crippen LogP contribution in [-0.4, -0.2) is 29.3 Å². The molecule has 0 spiro atoms. The van der Waals surface area contributed by atoms with Gasteiger partial charge in [-0.05, 0) is 24.6 Å². The van der Waals surface area contributed by atoms with Crippen LogP contribution in [0.1, 0.15) is 23.7 Å². The summed E-state index contributed by atoms with van der Waals surface area (Å²) in [7, 11) is 0. The number of urea groups is 1. The Hall–Kier alpha value is -3.76. The number of nitrogens with one attached hydrogen (secondary N) is 2. The van der Waals surface area contributed by atoms with E-state index in [0.717, 1.165) is 0 Å². The van der Waals surface area contributed by atoms with Crippen molar-refractivity contribution in [2.45, 2.75) is 18.9 Å². The quantitative estimate of drug-likeness (QED) is 0.342. The van der Waals surface area contributed by atoms with Gasteiger partial charge in [0, 0.05) is 0 Å². The van der Waals surface area contributed by atoms with E-state index in [9.17, 15) is 36.7 Å². The summed E-state index contributed by atoms with van der Waals surface area (Å²) in [4.78, 5) is 50.8. The van der Waals surface area contributed by atoms with Crippen LogP contribution in [0.15, 0.2) is 36.4 Å². The number of barbiturate groups is 1. The molecule has 0 aromatic heterocycles. The van der Waals surface area contributed by atoms with E-state index in [1.165, 1.54) is 31.2 Å². The van der Waals surface area contributed by atoms with Crippen molar-refractivity contribution in [3.63, 3.8) is 0 Å². The molecule has 2 aromatic rings. The van der Waals surface area contributed by atoms with Gasteiger partial charge in [0.15, 0.2) is 28.8 Å². The summed E-state index contributed by atoms with van der Waals surface area (Å²) in [6, 6.07) is 6.42. The van der Waals surface area contributed by atoms with E-state index >= 15 is 0 Å². The van der Waals surface area contributed by atoms with E-state index in [-0.39, 0.29) is 11.8 Å². The summed E-state index contributed by atoms with van der Waals surface area (Å²) in [6.45, 7) is 1.32. The van der Waals surface area contributed by atoms with Gasteiger partial charge in [-0.25, -0.2) is 27.3 Å². The molecule has 0 radical (unpaired) electrons. The fourth-order valence-corrected chi connectivity index (χ4v) is 2.96. The van der Waals surface area contributed by atoms with Crippen LogP contribution >= 0.6 is 0 Å². The highest BCUT2D eigenvalue weighted by Gasteiger charge is 2.54. The minimum atomic E-state index is -2.39. The third kappa shape index (κ3) is 3.17. The maximum atomic E-state index is 14.0. The molecule has 2 N–H and O–H groups in total. The minimum absolute atomic E-state index is 0.0737. The second-order valence-electron chi connectivity index (χ2n) is 6.30. The molecule has 7 nitrogen and oxygen atoms in total. The molecule has 5 amide bonds. The number of halogens is 4. The average Bonchev–Trinajstić information content (AvgIpc) is 2.72. The van der Waals surface area contributed by atoms with Crippen LogP contribution in [0.25, 0.3) is 0 Å². The number of carbonyl (C=O) groups is 4. The predicted octanol–water partition coefficient (Wildman–Crippen LogP) is 2.40. The van der Waals surface area contributed by atoms with Gasteiger partial charge in [0.05, 0.1) is 11.3 Å². The maximum Gasteiger partial charge on any atom is 0.335 e. The Kier molecular flexibility index (Phi) is 5.29. The number of benzene rings is 2. The standard InChI is InChI=1S/C19H13F4N3O4/c1-2-19(25-15(27)10-8-11(20)13(22)14(23)12(10)21)16(28)24-18(30)26(17(19)29)9-6-4-3-5-7-9/h3-8H,2H2,1H3,(H,25,27)(H,24,28,30). The van der Waals surface area contributed by atoms with Crippen molar-refractivity contribution >= 4 is 29.4 Å². The van der Waals surface area contributed by atoms with Gasteiger partial charge in [-0.2, -0.15) is 0 Å². The Morgan fingerprint density at radius 1 is 1.03 bits per heavy atom. The number of nitrogens with zero attached hydrogens (tertiary/aromatic N) is 1. The molecule has 1 atom stereocenters. The Morgan fingerprint density at radius 3 is 2.27 bits per heavy atom. The lowest BCUT2D eigenvalue weighted by atomic mass is 9.90. The highest BCUT2D eigenvalue weighted by Crippen LogP contribution is 2.26. The zero-order chi connectivity index (χ0) is 22.2. The summed E-state index contributed by atoms with van der Waals surface area (Å²) in [6.07, 6.45) is -0.395. The van der Waals surface area contributed by atoms with Gasteiger partial charge in [0.25, 0.3) is 17.7 Å². The number of hydrogen-bond donors (Lipinski definition) is 2. The first-order valence-corrected chi connectivity index (χ1v) is 8.54. The lowest BCUT2D eigenvalue weighted by Gasteiger charge is -2.39. The van der Waals surface area contributed by atoms with E-state index < -0.39 is 64.5 Å². The Bertz CT molecular complexity index is 1080. The second kappa shape index (κ2) is 7.58. The molecular weight excluding hydrogens is 410 g/mol. The average molecular weight is 423 g/mol. The van der Waals surface area contributed by atoms with Crippen molar-refractivity contribution in [2.24, 2.45) is 0 Å². The smallest absolute Gasteiger partial charge is 0.330 e. The van der Waals surface area contributed by atoms with Crippen molar-refractivity contribution in [2.75, 3.05) is 4.90 Å². The number of carbonyl (C=O) groups excluding carboxylic acids is 4. The first kappa shape index (κ1) is 21.0. The number of imide groups is 2. The van der Waals surface area contributed by atoms with E-state index in [2.05, 4.69) is 0 Å². The van der Waals surface area contributed by atoms with Crippen LogP contribution in [-0.2, 0) is 9.59 Å². The summed E-state index contributed by atoms with van der Waals surface area (Å²) in [5, 5.41) is 3.86. The fraction of sp³-hybridized carbons (Fsp3) is 0.158. The van der Waals surface area contributed by atoms with Crippen LogP contribution in [0.2, 0.25) is 0 Å². The molecule has 1 unspecified atom stereocenters. The van der Waals surface area contributed by atoms with Crippen LogP contribution < -0.4 is 15.5 Å². The van der Waals surface area contributed by atoms with Gasteiger partial charge in [-0.1, -0.05) is 25.1 Å². The molecule has 156 valence electrons. The van der Waals surface area contributed by atoms with Crippen molar-refractivity contribution in [1.29, 1.82) is 0 Å². The van der Waals surface area contributed by atoms with Crippen LogP contribution in [0.5, 0.6) is 0 Å². The lowest BCUT2D eigenvalue weighted by molar-refractivity contribution is -0.137. The molecule has 1 aliphatic heterocycles. The van der Waals surface area contributed by atoms with Gasteiger partial charge in [-0.3, -0.25) is 19.7 Å². The van der Waals surface area contributed by atoms with E-state index in [4.69, 9.17) is 0 Å². The zero-order valence-electron chi connectivity index (χ0n) is 15.3. The number of para-hydroxylation sites is 1. The van der Waals surface area contributed by atoms with Crippen molar-refractivity contribution in [3.8, 4) is 0 Å². The third-order valence-corrected chi connectivity index (χ3v) is 4.60. The van der Waals surface area contributed by atoms with Gasteiger partial charge in [0.2, 0.25) is 0 Å². The molecule has 1 aliphatic rings. The molecule has 0 aliphatic carbocycles. The largest absolute Gasteiger partial charge is 0.335 e. The molecule has 1 saturated heterocycles. The number of hydrogen-bond acceptors (Lipinski definition) is 4. The van der Waals surface area contributed by atoms with Crippen molar-refractivity contribution in [3.05, 3.63) is 65.2 Å². The maximum absolute atomic E-state index is 14.0. The molecule has 2 aromatic carbocycles. The zero-order valence-corrected chi connectivity index (χ0v) is 15.3. The van der Waals surface area contributed by atoms with E-state index in [1.807, 2.05) is 10.6 Å². The second-order valence-corrected chi connectivity index (χ2v) is 6.30. The SMILES string of the molecule is CCC1(NC(=O)c2cc(F)c(F)c(F)c2F)C(=O)NC(=O)N(c2ccccc2)C1=O. The number of amides is 5. The first-order chi connectivity index (χ1) is 14.1. The number of anilines is 1. The van der Waals surface area contributed by atoms with Crippen molar-refractivity contribution in [1.82, 2.24) is 10.6 Å². The first-order valence-electron chi connectivity index (χ1n) is 8.54. The third-order valence-electron chi connectivity index (χ3n) is 4.60. The van der Waals surface area contributed by atoms with Gasteiger partial charge < -0.3 is 5.32 Å². The normalized spacial score (nSPS) is 19.0. The highest BCUT2D eigenvalue weighted by molar-refractivity contribution is 6.33. The molecule has 3 rings (SSSR count). The van der Waals surface area contributed by atoms with Crippen molar-refractivity contribution < 1.29 is 36.7 Å². The summed E-state index contributed by atoms with van der Waals surface area (Å²) in [5.74, 6) is -12.1. The van der Waals surface area contributed by atoms with Gasteiger partial charge >= 0.3 is 6.03 Å². The lowest BCUT2D eigenvalue weighted by Crippen LogP contribution is -2.74. The summed E-state index contributed by atoms with van der Waals surface area (Å²) < 4.78 is 54.1. The summed E-state index contributed by atoms with van der Waals surface area (Å²) >= 11 is 0. The van der Waals surface area contributed by atoms with E-state index in [1.54, 1.807) is 6.07 Å². The molecular formula is C19H13F4N3O4. The molecule has 1 fully saturated rings. The predicted molar refractivity (Wildman–Crippen MR) is 94.2 cm³/mol. The van der Waals surface area contributed by atoms with E-state index in [0.29, 0.717) is 4.90 Å². The Balaban J connectivity index is 2.04. The van der Waals surface area contributed by atoms with Gasteiger partial charge in [0.1, 0.15) is 0 Å². The Morgan fingerprint density at radius 2 is 1.67 bits per heavy atom. The molecule has 11 heteroatoms. The minimum Gasteiger partial charge on any atom is -0.330 e. The molecule has 0 saturated carbocycles. The number of rotatable bonds is 4. The van der Waals surface area contributed by atoms with Crippen LogP contribution in [0, 0.1) is 23.3 Å². The summed E-state index contributed by atoms with van der Waals surface area (Å²) in [5.41, 5.74) is -3.58. The topological polar surface area (TPSA) is 95.6 Å². The Labute approximate surface area is 166 Å². The van der Waals surface area contributed by atoms with Crippen LogP contribution in [0.3, 0.4) is 0 Å². The monoisotopic (exact) mass is 423 g/mol.